The minimum absolute atomic E-state index is 0.232. The Morgan fingerprint density at radius 1 is 1.05 bits per heavy atom. The molecule has 0 radical (unpaired) electrons. The molecule has 108 valence electrons. The Balaban J connectivity index is 1.74. The highest BCUT2D eigenvalue weighted by atomic mass is 16.2. The second-order valence-electron chi connectivity index (χ2n) is 5.37. The first-order valence-corrected chi connectivity index (χ1v) is 7.00. The van der Waals surface area contributed by atoms with Crippen molar-refractivity contribution in [3.63, 3.8) is 0 Å². The molecule has 0 bridgehead atoms. The Bertz CT molecular complexity index is 892. The fourth-order valence-electron chi connectivity index (χ4n) is 2.94. The van der Waals surface area contributed by atoms with Crippen LogP contribution in [0.4, 0.5) is 0 Å². The van der Waals surface area contributed by atoms with Gasteiger partial charge in [0.2, 0.25) is 0 Å². The number of amides is 2. The number of pyridine rings is 1. The van der Waals surface area contributed by atoms with Crippen molar-refractivity contribution in [1.82, 2.24) is 14.5 Å². The monoisotopic (exact) mass is 291 g/mol. The van der Waals surface area contributed by atoms with E-state index in [1.807, 2.05) is 23.7 Å². The zero-order chi connectivity index (χ0) is 15.3. The van der Waals surface area contributed by atoms with Crippen LogP contribution in [0.25, 0.3) is 10.9 Å². The molecule has 0 saturated carbocycles. The molecule has 0 saturated heterocycles. The van der Waals surface area contributed by atoms with Crippen LogP contribution in [0.3, 0.4) is 0 Å². The third-order valence-electron chi connectivity index (χ3n) is 4.14. The molecule has 4 rings (SSSR count). The molecular weight excluding hydrogens is 278 g/mol. The highest BCUT2D eigenvalue weighted by Crippen LogP contribution is 2.26. The van der Waals surface area contributed by atoms with Crippen LogP contribution in [0.2, 0.25) is 0 Å². The third kappa shape index (κ3) is 1.69. The number of nitrogens with zero attached hydrogens (tertiary/aromatic N) is 3. The predicted octanol–water partition coefficient (Wildman–Crippen LogP) is 2.37. The minimum Gasteiger partial charge on any atom is -0.346 e. The molecule has 5 nitrogen and oxygen atoms in total. The van der Waals surface area contributed by atoms with Crippen LogP contribution in [0.5, 0.6) is 0 Å². The van der Waals surface area contributed by atoms with Crippen molar-refractivity contribution in [1.29, 1.82) is 0 Å². The number of benzene rings is 1. The van der Waals surface area contributed by atoms with Crippen LogP contribution in [0, 0.1) is 0 Å². The average Bonchev–Trinajstić information content (AvgIpc) is 2.99. The van der Waals surface area contributed by atoms with E-state index >= 15 is 0 Å². The molecular formula is C17H13N3O2. The molecule has 3 aromatic rings. The Labute approximate surface area is 126 Å². The van der Waals surface area contributed by atoms with Crippen molar-refractivity contribution in [2.45, 2.75) is 6.54 Å². The molecule has 0 aliphatic carbocycles. The molecule has 3 heterocycles. The second-order valence-corrected chi connectivity index (χ2v) is 5.37. The van der Waals surface area contributed by atoms with Crippen molar-refractivity contribution < 1.29 is 9.59 Å². The van der Waals surface area contributed by atoms with E-state index in [1.165, 1.54) is 4.90 Å². The molecule has 2 aromatic heterocycles. The molecule has 0 spiro atoms. The van der Waals surface area contributed by atoms with E-state index in [-0.39, 0.29) is 18.4 Å². The lowest BCUT2D eigenvalue weighted by Gasteiger charge is -2.14. The predicted molar refractivity (Wildman–Crippen MR) is 81.4 cm³/mol. The van der Waals surface area contributed by atoms with Gasteiger partial charge in [-0.25, -0.2) is 0 Å². The normalized spacial score (nSPS) is 14.0. The average molecular weight is 291 g/mol. The number of fused-ring (bicyclic) bond motifs is 2. The highest BCUT2D eigenvalue weighted by Gasteiger charge is 2.35. The lowest BCUT2D eigenvalue weighted by atomic mass is 10.1. The van der Waals surface area contributed by atoms with Gasteiger partial charge in [-0.1, -0.05) is 12.1 Å². The molecule has 2 amide bonds. The Morgan fingerprint density at radius 3 is 2.36 bits per heavy atom. The Morgan fingerprint density at radius 2 is 1.73 bits per heavy atom. The van der Waals surface area contributed by atoms with Crippen LogP contribution < -0.4 is 0 Å². The summed E-state index contributed by atoms with van der Waals surface area (Å²) in [6.45, 7) is 0.261. The maximum absolute atomic E-state index is 12.4. The van der Waals surface area contributed by atoms with Gasteiger partial charge in [0.15, 0.2) is 0 Å². The maximum atomic E-state index is 12.4. The van der Waals surface area contributed by atoms with Crippen LogP contribution in [-0.2, 0) is 13.6 Å². The smallest absolute Gasteiger partial charge is 0.261 e. The summed E-state index contributed by atoms with van der Waals surface area (Å²) in [5.41, 5.74) is 2.89. The number of rotatable bonds is 2. The molecule has 0 fully saturated rings. The van der Waals surface area contributed by atoms with Gasteiger partial charge >= 0.3 is 0 Å². The van der Waals surface area contributed by atoms with Crippen LogP contribution in [0.1, 0.15) is 26.4 Å². The van der Waals surface area contributed by atoms with Gasteiger partial charge in [-0.15, -0.1) is 0 Å². The van der Waals surface area contributed by atoms with Crippen molar-refractivity contribution in [2.24, 2.45) is 7.05 Å². The van der Waals surface area contributed by atoms with Crippen LogP contribution >= 0.6 is 0 Å². The Kier molecular flexibility index (Phi) is 2.63. The number of hydrogen-bond donors (Lipinski definition) is 0. The van der Waals surface area contributed by atoms with Gasteiger partial charge in [0, 0.05) is 30.5 Å². The van der Waals surface area contributed by atoms with Gasteiger partial charge in [0.1, 0.15) is 0 Å². The van der Waals surface area contributed by atoms with Crippen molar-refractivity contribution in [3.05, 3.63) is 65.6 Å². The summed E-state index contributed by atoms with van der Waals surface area (Å²) in [5.74, 6) is -0.465. The van der Waals surface area contributed by atoms with E-state index in [4.69, 9.17) is 0 Å². The molecule has 5 heteroatoms. The number of aryl methyl sites for hydroxylation is 1. The first-order chi connectivity index (χ1) is 10.7. The molecule has 0 unspecified atom stereocenters. The van der Waals surface area contributed by atoms with E-state index in [1.54, 1.807) is 36.7 Å². The zero-order valence-corrected chi connectivity index (χ0v) is 12.0. The van der Waals surface area contributed by atoms with Crippen LogP contribution in [-0.4, -0.2) is 26.3 Å². The lowest BCUT2D eigenvalue weighted by molar-refractivity contribution is 0.0639. The number of aromatic nitrogens is 2. The number of carbonyl (C=O) groups excluding carboxylic acids is 2. The molecule has 1 aromatic carbocycles. The first-order valence-electron chi connectivity index (χ1n) is 7.00. The molecule has 1 aliphatic heterocycles. The standard InChI is InChI=1S/C17H13N3O2/c1-19-12(8-11-9-18-7-6-15(11)19)10-20-16(21)13-4-2-3-5-14(13)17(20)22/h2-9H,10H2,1H3. The van der Waals surface area contributed by atoms with E-state index in [2.05, 4.69) is 4.98 Å². The lowest BCUT2D eigenvalue weighted by Crippen LogP contribution is -2.29. The minimum atomic E-state index is -0.232. The van der Waals surface area contributed by atoms with Gasteiger partial charge in [-0.05, 0) is 24.3 Å². The van der Waals surface area contributed by atoms with Crippen molar-refractivity contribution >= 4 is 22.7 Å². The van der Waals surface area contributed by atoms with E-state index in [0.717, 1.165) is 16.6 Å². The van der Waals surface area contributed by atoms with Gasteiger partial charge in [0.05, 0.1) is 23.2 Å². The largest absolute Gasteiger partial charge is 0.346 e. The number of hydrogen-bond acceptors (Lipinski definition) is 3. The van der Waals surface area contributed by atoms with Crippen molar-refractivity contribution in [2.75, 3.05) is 0 Å². The third-order valence-corrected chi connectivity index (χ3v) is 4.14. The van der Waals surface area contributed by atoms with Gasteiger partial charge in [-0.3, -0.25) is 19.5 Å². The summed E-state index contributed by atoms with van der Waals surface area (Å²) in [6, 6.07) is 10.8. The van der Waals surface area contributed by atoms with Crippen molar-refractivity contribution in [3.8, 4) is 0 Å². The summed E-state index contributed by atoms with van der Waals surface area (Å²) in [7, 11) is 1.93. The topological polar surface area (TPSA) is 55.2 Å². The molecule has 22 heavy (non-hydrogen) atoms. The van der Waals surface area contributed by atoms with Gasteiger partial charge in [-0.2, -0.15) is 0 Å². The molecule has 0 atom stereocenters. The van der Waals surface area contributed by atoms with E-state index in [0.29, 0.717) is 11.1 Å². The quantitative estimate of drug-likeness (QED) is 0.681. The van der Waals surface area contributed by atoms with E-state index in [9.17, 15) is 9.59 Å². The van der Waals surface area contributed by atoms with E-state index < -0.39 is 0 Å². The summed E-state index contributed by atoms with van der Waals surface area (Å²) < 4.78 is 1.99. The summed E-state index contributed by atoms with van der Waals surface area (Å²) in [4.78, 5) is 30.2. The zero-order valence-electron chi connectivity index (χ0n) is 12.0. The summed E-state index contributed by atoms with van der Waals surface area (Å²) >= 11 is 0. The number of imide groups is 1. The Hall–Kier alpha value is -2.95. The number of carbonyl (C=O) groups is 2. The highest BCUT2D eigenvalue weighted by molar-refractivity contribution is 6.21. The molecule has 1 aliphatic rings. The van der Waals surface area contributed by atoms with Gasteiger partial charge < -0.3 is 4.57 Å². The fraction of sp³-hybridized carbons (Fsp3) is 0.118. The van der Waals surface area contributed by atoms with Crippen LogP contribution in [0.15, 0.2) is 48.8 Å². The molecule has 0 N–H and O–H groups in total. The van der Waals surface area contributed by atoms with Gasteiger partial charge in [0.25, 0.3) is 11.8 Å². The second kappa shape index (κ2) is 4.53. The SMILES string of the molecule is Cn1c(CN2C(=O)c3ccccc3C2=O)cc2cnccc21. The fourth-order valence-corrected chi connectivity index (χ4v) is 2.94. The maximum Gasteiger partial charge on any atom is 0.261 e. The summed E-state index contributed by atoms with van der Waals surface area (Å²) in [5, 5.41) is 0.997. The first kappa shape index (κ1) is 12.8. The summed E-state index contributed by atoms with van der Waals surface area (Å²) in [6.07, 6.45) is 3.51.